The number of carbonyl (C=O) groups is 3. The van der Waals surface area contributed by atoms with E-state index in [1.165, 1.54) is 23.8 Å². The van der Waals surface area contributed by atoms with Crippen LogP contribution < -0.4 is 11.1 Å². The minimum Gasteiger partial charge on any atom is -0.448 e. The molecule has 1 saturated heterocycles. The molecule has 40 heavy (non-hydrogen) atoms. The minimum atomic E-state index is -0.936. The number of nitrogen functional groups attached to an aromatic ring is 1. The number of β-lactam (4-membered cyclic amide) rings is 1. The molecular weight excluding hydrogens is 576 g/mol. The summed E-state index contributed by atoms with van der Waals surface area (Å²) in [4.78, 5) is 50.1. The predicted octanol–water partition coefficient (Wildman–Crippen LogP) is 2.70. The zero-order valence-electron chi connectivity index (χ0n) is 21.0. The van der Waals surface area contributed by atoms with Gasteiger partial charge in [-0.05, 0) is 16.7 Å². The topological polar surface area (TPSA) is 149 Å². The number of aromatic nitrogens is 2. The molecular formula is C26H23ClN6O5S2. The fourth-order valence-corrected chi connectivity index (χ4v) is 6.45. The van der Waals surface area contributed by atoms with Crippen LogP contribution in [0.15, 0.2) is 77.1 Å². The van der Waals surface area contributed by atoms with E-state index in [0.717, 1.165) is 22.7 Å². The predicted molar refractivity (Wildman–Crippen MR) is 151 cm³/mol. The molecule has 2 aliphatic rings. The molecule has 0 saturated carbocycles. The zero-order valence-corrected chi connectivity index (χ0v) is 23.4. The molecule has 2 aliphatic heterocycles. The Bertz CT molecular complexity index is 1440. The van der Waals surface area contributed by atoms with Crippen molar-refractivity contribution in [3.8, 4) is 0 Å². The van der Waals surface area contributed by atoms with Crippen LogP contribution in [-0.2, 0) is 24.0 Å². The van der Waals surface area contributed by atoms with E-state index in [1.54, 1.807) is 0 Å². The van der Waals surface area contributed by atoms with Crippen LogP contribution in [0.4, 0.5) is 5.13 Å². The molecule has 1 aromatic heterocycles. The van der Waals surface area contributed by atoms with E-state index in [2.05, 4.69) is 19.8 Å². The molecule has 5 rings (SSSR count). The van der Waals surface area contributed by atoms with Gasteiger partial charge in [0.15, 0.2) is 11.2 Å². The van der Waals surface area contributed by atoms with Crippen LogP contribution in [0.2, 0.25) is 0 Å². The number of hydrogen-bond donors (Lipinski definition) is 2. The highest BCUT2D eigenvalue weighted by Crippen LogP contribution is 2.42. The summed E-state index contributed by atoms with van der Waals surface area (Å²) in [5.74, 6) is -1.50. The fourth-order valence-electron chi connectivity index (χ4n) is 4.34. The number of carbonyl (C=O) groups excluding carboxylic acids is 3. The number of nitrogens with zero attached hydrogens (tertiary/aromatic N) is 4. The van der Waals surface area contributed by atoms with Gasteiger partial charge in [0.2, 0.25) is 11.5 Å². The van der Waals surface area contributed by atoms with Gasteiger partial charge in [0.25, 0.3) is 11.8 Å². The van der Waals surface area contributed by atoms with Gasteiger partial charge in [0, 0.05) is 23.2 Å². The van der Waals surface area contributed by atoms with Crippen molar-refractivity contribution < 1.29 is 24.0 Å². The summed E-state index contributed by atoms with van der Waals surface area (Å²) < 4.78 is 10.0. The molecule has 0 bridgehead atoms. The third kappa shape index (κ3) is 5.40. The van der Waals surface area contributed by atoms with E-state index >= 15 is 0 Å². The van der Waals surface area contributed by atoms with Gasteiger partial charge >= 0.3 is 5.97 Å². The van der Waals surface area contributed by atoms with Crippen LogP contribution in [0.3, 0.4) is 0 Å². The SMILES string of the molecule is CON=C(C(=O)NC1C(=O)N2C(C(=O)OC(c3ccccc3)c3ccccc3)=C(CCl)CSC12)c1nsc(N)n1. The van der Waals surface area contributed by atoms with Crippen molar-refractivity contribution in [3.63, 3.8) is 0 Å². The molecule has 0 radical (unpaired) electrons. The van der Waals surface area contributed by atoms with E-state index in [0.29, 0.717) is 11.3 Å². The monoisotopic (exact) mass is 598 g/mol. The summed E-state index contributed by atoms with van der Waals surface area (Å²) in [5, 5.41) is 5.95. The lowest BCUT2D eigenvalue weighted by atomic mass is 10.0. The number of nitrogens with two attached hydrogens (primary N) is 1. The maximum Gasteiger partial charge on any atom is 0.356 e. The van der Waals surface area contributed by atoms with Gasteiger partial charge in [-0.2, -0.15) is 9.36 Å². The quantitative estimate of drug-likeness (QED) is 0.125. The Hall–Kier alpha value is -3.94. The van der Waals surface area contributed by atoms with E-state index in [9.17, 15) is 14.4 Å². The van der Waals surface area contributed by atoms with E-state index in [-0.39, 0.29) is 28.2 Å². The molecule has 1 fully saturated rings. The fraction of sp³-hybridized carbons (Fsp3) is 0.231. The van der Waals surface area contributed by atoms with Crippen molar-refractivity contribution in [1.82, 2.24) is 19.6 Å². The van der Waals surface area contributed by atoms with Gasteiger partial charge in [0.05, 0.1) is 0 Å². The molecule has 206 valence electrons. The van der Waals surface area contributed by atoms with Crippen LogP contribution in [-0.4, -0.2) is 67.9 Å². The Morgan fingerprint density at radius 1 is 1.18 bits per heavy atom. The van der Waals surface area contributed by atoms with Gasteiger partial charge < -0.3 is 20.6 Å². The number of amides is 2. The average Bonchev–Trinajstić information content (AvgIpc) is 3.42. The molecule has 3 heterocycles. The molecule has 2 aromatic carbocycles. The van der Waals surface area contributed by atoms with Gasteiger partial charge in [-0.3, -0.25) is 14.5 Å². The Morgan fingerprint density at radius 3 is 2.38 bits per heavy atom. The summed E-state index contributed by atoms with van der Waals surface area (Å²) in [6.45, 7) is 0. The number of rotatable bonds is 9. The number of fused-ring (bicyclic) bond motifs is 1. The van der Waals surface area contributed by atoms with E-state index in [4.69, 9.17) is 26.9 Å². The average molecular weight is 599 g/mol. The van der Waals surface area contributed by atoms with Gasteiger partial charge in [-0.15, -0.1) is 23.4 Å². The van der Waals surface area contributed by atoms with Crippen LogP contribution in [0.25, 0.3) is 0 Å². The zero-order chi connectivity index (χ0) is 28.2. The number of ether oxygens (including phenoxy) is 1. The second kappa shape index (κ2) is 12.1. The minimum absolute atomic E-state index is 0.0248. The second-order valence-corrected chi connectivity index (χ2v) is 10.8. The van der Waals surface area contributed by atoms with Gasteiger partial charge in [0.1, 0.15) is 24.2 Å². The largest absolute Gasteiger partial charge is 0.448 e. The number of hydrogen-bond acceptors (Lipinski definition) is 11. The van der Waals surface area contributed by atoms with Crippen molar-refractivity contribution in [1.29, 1.82) is 0 Å². The molecule has 2 atom stereocenters. The number of alkyl halides is 1. The summed E-state index contributed by atoms with van der Waals surface area (Å²) in [5.41, 5.74) is 7.61. The number of thioether (sulfide) groups is 1. The maximum atomic E-state index is 13.7. The lowest BCUT2D eigenvalue weighted by Gasteiger charge is -2.49. The second-order valence-electron chi connectivity index (χ2n) is 8.63. The molecule has 2 amide bonds. The van der Waals surface area contributed by atoms with Crippen molar-refractivity contribution in [2.24, 2.45) is 5.16 Å². The van der Waals surface area contributed by atoms with Crippen LogP contribution in [0, 0.1) is 0 Å². The smallest absolute Gasteiger partial charge is 0.356 e. The van der Waals surface area contributed by atoms with Gasteiger partial charge in [-0.1, -0.05) is 65.8 Å². The first-order valence-electron chi connectivity index (χ1n) is 12.0. The highest BCUT2D eigenvalue weighted by Gasteiger charge is 2.55. The van der Waals surface area contributed by atoms with Crippen molar-refractivity contribution in [2.45, 2.75) is 17.5 Å². The van der Waals surface area contributed by atoms with E-state index < -0.39 is 35.3 Å². The summed E-state index contributed by atoms with van der Waals surface area (Å²) in [6, 6.07) is 17.7. The maximum absolute atomic E-state index is 13.7. The number of nitrogens with one attached hydrogen (secondary N) is 1. The standard InChI is InChI=1S/C26H23ClN6O5S2/c1-37-31-17(21-30-26(28)40-32-21)22(34)29-18-23(35)33-19(16(12-27)13-39-24(18)33)25(36)38-20(14-8-4-2-5-9-14)15-10-6-3-7-11-15/h2-11,18,20,24H,12-13H2,1H3,(H,29,34)(H2,28,30,32). The highest BCUT2D eigenvalue weighted by molar-refractivity contribution is 8.00. The number of benzene rings is 2. The Kier molecular flexibility index (Phi) is 8.33. The normalized spacial score (nSPS) is 18.7. The Morgan fingerprint density at radius 2 is 1.82 bits per heavy atom. The molecule has 0 spiro atoms. The number of oxime groups is 1. The number of anilines is 1. The first-order chi connectivity index (χ1) is 19.4. The molecule has 2 unspecified atom stereocenters. The number of esters is 1. The molecule has 3 aromatic rings. The molecule has 3 N–H and O–H groups in total. The van der Waals surface area contributed by atoms with Gasteiger partial charge in [-0.25, -0.2) is 4.79 Å². The lowest BCUT2D eigenvalue weighted by Crippen LogP contribution is -2.71. The molecule has 0 aliphatic carbocycles. The summed E-state index contributed by atoms with van der Waals surface area (Å²) in [6.07, 6.45) is -0.704. The van der Waals surface area contributed by atoms with Crippen LogP contribution in [0.1, 0.15) is 23.1 Å². The lowest BCUT2D eigenvalue weighted by molar-refractivity contribution is -0.154. The van der Waals surface area contributed by atoms with Crippen molar-refractivity contribution >= 4 is 63.5 Å². The third-order valence-corrected chi connectivity index (χ3v) is 8.37. The van der Waals surface area contributed by atoms with Crippen molar-refractivity contribution in [2.75, 3.05) is 24.5 Å². The summed E-state index contributed by atoms with van der Waals surface area (Å²) >= 11 is 8.47. The first kappa shape index (κ1) is 27.6. The third-order valence-electron chi connectivity index (χ3n) is 6.17. The van der Waals surface area contributed by atoms with Crippen LogP contribution >= 0.6 is 34.9 Å². The van der Waals surface area contributed by atoms with Crippen molar-refractivity contribution in [3.05, 3.63) is 88.9 Å². The van der Waals surface area contributed by atoms with E-state index in [1.807, 2.05) is 60.7 Å². The number of halogens is 1. The van der Waals surface area contributed by atoms with Crippen LogP contribution in [0.5, 0.6) is 0 Å². The Labute approximate surface area is 242 Å². The molecule has 11 nitrogen and oxygen atoms in total. The highest BCUT2D eigenvalue weighted by atomic mass is 35.5. The summed E-state index contributed by atoms with van der Waals surface area (Å²) in [7, 11) is 1.27. The molecule has 14 heteroatoms. The Balaban J connectivity index is 1.37. The first-order valence-corrected chi connectivity index (χ1v) is 14.3.